The summed E-state index contributed by atoms with van der Waals surface area (Å²) in [7, 11) is 0. The lowest BCUT2D eigenvalue weighted by Gasteiger charge is -2.39. The first kappa shape index (κ1) is 13.4. The highest BCUT2D eigenvalue weighted by molar-refractivity contribution is 5.47. The van der Waals surface area contributed by atoms with Crippen molar-refractivity contribution in [2.75, 3.05) is 31.1 Å². The van der Waals surface area contributed by atoms with Crippen molar-refractivity contribution in [3.8, 4) is 0 Å². The summed E-state index contributed by atoms with van der Waals surface area (Å²) >= 11 is 0. The predicted octanol–water partition coefficient (Wildman–Crippen LogP) is 3.21. The molecule has 0 radical (unpaired) electrons. The third-order valence-corrected chi connectivity index (χ3v) is 4.04. The molecule has 1 unspecified atom stereocenters. The quantitative estimate of drug-likeness (QED) is 0.877. The maximum Gasteiger partial charge on any atom is 0.0366 e. The molecule has 1 N–H and O–H groups in total. The van der Waals surface area contributed by atoms with Gasteiger partial charge in [-0.15, -0.1) is 0 Å². The summed E-state index contributed by atoms with van der Waals surface area (Å²) in [5.41, 5.74) is 3.11. The molecule has 1 aliphatic rings. The smallest absolute Gasteiger partial charge is 0.0366 e. The number of nitrogens with one attached hydrogen (secondary N) is 1. The molecule has 1 saturated heterocycles. The highest BCUT2D eigenvalue weighted by atomic mass is 15.1. The minimum atomic E-state index is 0.416. The van der Waals surface area contributed by atoms with Gasteiger partial charge < -0.3 is 10.2 Å². The van der Waals surface area contributed by atoms with E-state index in [1.165, 1.54) is 30.6 Å². The summed E-state index contributed by atoms with van der Waals surface area (Å²) in [5.74, 6) is 0. The molecule has 0 amide bonds. The van der Waals surface area contributed by atoms with E-state index in [1.807, 2.05) is 0 Å². The second kappa shape index (κ2) is 5.75. The molecule has 0 saturated carbocycles. The molecule has 18 heavy (non-hydrogen) atoms. The Bertz CT molecular complexity index is 363. The third-order valence-electron chi connectivity index (χ3n) is 4.04. The van der Waals surface area contributed by atoms with Crippen molar-refractivity contribution in [1.29, 1.82) is 0 Å². The van der Waals surface area contributed by atoms with Crippen LogP contribution in [0.1, 0.15) is 32.3 Å². The van der Waals surface area contributed by atoms with Crippen molar-refractivity contribution in [3.63, 3.8) is 0 Å². The van der Waals surface area contributed by atoms with Gasteiger partial charge in [0.2, 0.25) is 0 Å². The Kier molecular flexibility index (Phi) is 4.28. The molecule has 100 valence electrons. The first-order valence-corrected chi connectivity index (χ1v) is 7.15. The van der Waals surface area contributed by atoms with Crippen LogP contribution < -0.4 is 10.2 Å². The Labute approximate surface area is 111 Å². The van der Waals surface area contributed by atoms with Crippen LogP contribution in [0, 0.1) is 12.3 Å². The summed E-state index contributed by atoms with van der Waals surface area (Å²) < 4.78 is 0. The van der Waals surface area contributed by atoms with Gasteiger partial charge in [-0.1, -0.05) is 24.6 Å². The topological polar surface area (TPSA) is 15.3 Å². The predicted molar refractivity (Wildman–Crippen MR) is 79.3 cm³/mol. The molecule has 0 spiro atoms. The Morgan fingerprint density at radius 1 is 1.28 bits per heavy atom. The zero-order chi connectivity index (χ0) is 13.0. The van der Waals surface area contributed by atoms with Crippen LogP contribution >= 0.6 is 0 Å². The van der Waals surface area contributed by atoms with Gasteiger partial charge in [0.15, 0.2) is 0 Å². The normalized spacial score (nSPS) is 23.9. The largest absolute Gasteiger partial charge is 0.371 e. The van der Waals surface area contributed by atoms with Crippen molar-refractivity contribution in [2.24, 2.45) is 5.41 Å². The first-order valence-electron chi connectivity index (χ1n) is 7.15. The number of nitrogens with zero attached hydrogens (tertiary/aromatic N) is 1. The number of piperidine rings is 1. The van der Waals surface area contributed by atoms with Gasteiger partial charge in [0, 0.05) is 25.3 Å². The number of aryl methyl sites for hydroxylation is 1. The van der Waals surface area contributed by atoms with E-state index < -0.39 is 0 Å². The van der Waals surface area contributed by atoms with Crippen molar-refractivity contribution < 1.29 is 0 Å². The number of rotatable bonds is 4. The Morgan fingerprint density at radius 3 is 2.56 bits per heavy atom. The van der Waals surface area contributed by atoms with E-state index >= 15 is 0 Å². The fraction of sp³-hybridized carbons (Fsp3) is 0.625. The third kappa shape index (κ3) is 3.26. The van der Waals surface area contributed by atoms with Gasteiger partial charge in [0.1, 0.15) is 0 Å². The zero-order valence-corrected chi connectivity index (χ0v) is 12.0. The summed E-state index contributed by atoms with van der Waals surface area (Å²) in [6.45, 7) is 11.4. The lowest BCUT2D eigenvalue weighted by Crippen LogP contribution is -2.46. The van der Waals surface area contributed by atoms with Crippen LogP contribution in [0.3, 0.4) is 0 Å². The van der Waals surface area contributed by atoms with Gasteiger partial charge in [-0.05, 0) is 50.8 Å². The van der Waals surface area contributed by atoms with E-state index in [9.17, 15) is 0 Å². The van der Waals surface area contributed by atoms with Crippen LogP contribution in [0.2, 0.25) is 0 Å². The van der Waals surface area contributed by atoms with Crippen molar-refractivity contribution >= 4 is 5.69 Å². The van der Waals surface area contributed by atoms with E-state index in [1.54, 1.807) is 0 Å². The molecule has 0 aliphatic carbocycles. The van der Waals surface area contributed by atoms with Crippen molar-refractivity contribution in [3.05, 3.63) is 29.8 Å². The highest BCUT2D eigenvalue weighted by Gasteiger charge is 2.28. The second-order valence-corrected chi connectivity index (χ2v) is 5.94. The van der Waals surface area contributed by atoms with Crippen LogP contribution in [0.5, 0.6) is 0 Å². The van der Waals surface area contributed by atoms with Crippen molar-refractivity contribution in [1.82, 2.24) is 5.32 Å². The molecule has 0 aromatic heterocycles. The molecule has 1 fully saturated rings. The molecule has 2 rings (SSSR count). The van der Waals surface area contributed by atoms with E-state index in [4.69, 9.17) is 0 Å². The fourth-order valence-electron chi connectivity index (χ4n) is 2.86. The van der Waals surface area contributed by atoms with Gasteiger partial charge in [-0.25, -0.2) is 0 Å². The van der Waals surface area contributed by atoms with Crippen LogP contribution in [0.25, 0.3) is 0 Å². The van der Waals surface area contributed by atoms with E-state index in [2.05, 4.69) is 55.3 Å². The van der Waals surface area contributed by atoms with Gasteiger partial charge in [-0.3, -0.25) is 0 Å². The average Bonchev–Trinajstić information content (AvgIpc) is 2.38. The summed E-state index contributed by atoms with van der Waals surface area (Å²) in [5, 5.41) is 3.54. The summed E-state index contributed by atoms with van der Waals surface area (Å²) in [6, 6.07) is 8.91. The number of benzene rings is 1. The molecule has 1 aliphatic heterocycles. The standard InChI is InChI=1S/C16H26N2/c1-4-18(15-8-6-14(2)7-9-15)13-16(3)10-5-11-17-12-16/h6-9,17H,4-5,10-13H2,1-3H3. The molecular weight excluding hydrogens is 220 g/mol. The summed E-state index contributed by atoms with van der Waals surface area (Å²) in [6.07, 6.45) is 2.64. The molecule has 1 atom stereocenters. The molecule has 2 nitrogen and oxygen atoms in total. The highest BCUT2D eigenvalue weighted by Crippen LogP contribution is 2.28. The molecular formula is C16H26N2. The lowest BCUT2D eigenvalue weighted by atomic mass is 9.82. The average molecular weight is 246 g/mol. The summed E-state index contributed by atoms with van der Waals surface area (Å²) in [4.78, 5) is 2.51. The first-order chi connectivity index (χ1) is 8.63. The molecule has 1 heterocycles. The van der Waals surface area contributed by atoms with Gasteiger partial charge in [-0.2, -0.15) is 0 Å². The van der Waals surface area contributed by atoms with E-state index in [-0.39, 0.29) is 0 Å². The number of anilines is 1. The lowest BCUT2D eigenvalue weighted by molar-refractivity contribution is 0.241. The minimum Gasteiger partial charge on any atom is -0.371 e. The zero-order valence-electron chi connectivity index (χ0n) is 12.0. The second-order valence-electron chi connectivity index (χ2n) is 5.94. The van der Waals surface area contributed by atoms with Gasteiger partial charge in [0.05, 0.1) is 0 Å². The van der Waals surface area contributed by atoms with Crippen LogP contribution in [-0.2, 0) is 0 Å². The molecule has 2 heteroatoms. The maximum atomic E-state index is 3.54. The van der Waals surface area contributed by atoms with Gasteiger partial charge >= 0.3 is 0 Å². The van der Waals surface area contributed by atoms with E-state index in [0.717, 1.165) is 19.6 Å². The van der Waals surface area contributed by atoms with E-state index in [0.29, 0.717) is 5.41 Å². The van der Waals surface area contributed by atoms with Crippen LogP contribution in [0.15, 0.2) is 24.3 Å². The fourth-order valence-corrected chi connectivity index (χ4v) is 2.86. The minimum absolute atomic E-state index is 0.416. The maximum absolute atomic E-state index is 3.54. The Hall–Kier alpha value is -1.02. The number of hydrogen-bond donors (Lipinski definition) is 1. The molecule has 0 bridgehead atoms. The van der Waals surface area contributed by atoms with Crippen LogP contribution in [-0.4, -0.2) is 26.2 Å². The van der Waals surface area contributed by atoms with Crippen molar-refractivity contribution in [2.45, 2.75) is 33.6 Å². The Morgan fingerprint density at radius 2 is 2.00 bits per heavy atom. The number of hydrogen-bond acceptors (Lipinski definition) is 2. The monoisotopic (exact) mass is 246 g/mol. The van der Waals surface area contributed by atoms with Crippen LogP contribution in [0.4, 0.5) is 5.69 Å². The molecule has 1 aromatic rings. The molecule has 1 aromatic carbocycles. The SMILES string of the molecule is CCN(CC1(C)CCCNC1)c1ccc(C)cc1. The van der Waals surface area contributed by atoms with Gasteiger partial charge in [0.25, 0.3) is 0 Å². The Balaban J connectivity index is 2.06.